The van der Waals surface area contributed by atoms with Crippen LogP contribution in [-0.4, -0.2) is 37.1 Å². The molecule has 1 amide bonds. The molecule has 0 aliphatic carbocycles. The summed E-state index contributed by atoms with van der Waals surface area (Å²) in [5.41, 5.74) is 5.11. The van der Waals surface area contributed by atoms with Crippen LogP contribution in [0.2, 0.25) is 0 Å². The van der Waals surface area contributed by atoms with Crippen molar-refractivity contribution in [1.29, 1.82) is 0 Å². The maximum absolute atomic E-state index is 10.6. The summed E-state index contributed by atoms with van der Waals surface area (Å²) in [5.74, 6) is -0.163. The van der Waals surface area contributed by atoms with Gasteiger partial charge in [0, 0.05) is 12.8 Å². The van der Waals surface area contributed by atoms with Crippen molar-refractivity contribution < 1.29 is 9.28 Å². The molecule has 0 aromatic carbocycles. The minimum Gasteiger partial charge on any atom is -0.370 e. The average Bonchev–Trinajstić information content (AvgIpc) is 2.04. The van der Waals surface area contributed by atoms with Gasteiger partial charge in [0.1, 0.15) is 0 Å². The molecule has 0 aromatic heterocycles. The van der Waals surface area contributed by atoms with E-state index in [0.29, 0.717) is 6.42 Å². The second-order valence-electron chi connectivity index (χ2n) is 4.42. The van der Waals surface area contributed by atoms with Gasteiger partial charge in [-0.1, -0.05) is 0 Å². The van der Waals surface area contributed by atoms with E-state index >= 15 is 0 Å². The Kier molecular flexibility index (Phi) is 3.72. The van der Waals surface area contributed by atoms with Crippen LogP contribution in [0.25, 0.3) is 0 Å². The molecule has 1 aliphatic heterocycles. The molecule has 3 heteroatoms. The highest BCUT2D eigenvalue weighted by molar-refractivity contribution is 5.73. The lowest BCUT2D eigenvalue weighted by molar-refractivity contribution is -0.914. The van der Waals surface area contributed by atoms with Crippen molar-refractivity contribution in [1.82, 2.24) is 0 Å². The number of carbonyl (C=O) groups is 1. The molecule has 1 saturated heterocycles. The zero-order valence-electron chi connectivity index (χ0n) is 8.59. The van der Waals surface area contributed by atoms with Gasteiger partial charge in [-0.25, -0.2) is 0 Å². The molecule has 2 N–H and O–H groups in total. The van der Waals surface area contributed by atoms with Gasteiger partial charge in [-0.3, -0.25) is 4.79 Å². The Hall–Kier alpha value is -0.570. The molecule has 1 heterocycles. The lowest BCUT2D eigenvalue weighted by Crippen LogP contribution is -2.48. The van der Waals surface area contributed by atoms with Crippen molar-refractivity contribution in [2.24, 2.45) is 5.73 Å². The van der Waals surface area contributed by atoms with E-state index in [-0.39, 0.29) is 5.91 Å². The van der Waals surface area contributed by atoms with Gasteiger partial charge in [0.15, 0.2) is 0 Å². The van der Waals surface area contributed by atoms with E-state index in [1.165, 1.54) is 32.4 Å². The fraction of sp³-hybridized carbons (Fsp3) is 0.900. The molecule has 13 heavy (non-hydrogen) atoms. The number of hydrogen-bond donors (Lipinski definition) is 1. The zero-order chi connectivity index (χ0) is 9.73. The summed E-state index contributed by atoms with van der Waals surface area (Å²) in [6.07, 6.45) is 5.56. The summed E-state index contributed by atoms with van der Waals surface area (Å²) in [5, 5.41) is 0. The molecular weight excluding hydrogens is 164 g/mol. The quantitative estimate of drug-likeness (QED) is 0.649. The van der Waals surface area contributed by atoms with Gasteiger partial charge in [-0.05, 0) is 19.3 Å². The Morgan fingerprint density at radius 2 is 1.92 bits per heavy atom. The second-order valence-corrected chi connectivity index (χ2v) is 4.42. The highest BCUT2D eigenvalue weighted by Gasteiger charge is 2.23. The maximum Gasteiger partial charge on any atom is 0.217 e. The monoisotopic (exact) mass is 185 g/mol. The molecule has 0 unspecified atom stereocenters. The van der Waals surface area contributed by atoms with Crippen LogP contribution in [0.1, 0.15) is 32.1 Å². The number of piperidine rings is 1. The molecule has 0 saturated carbocycles. The molecule has 0 spiro atoms. The van der Waals surface area contributed by atoms with E-state index in [9.17, 15) is 4.79 Å². The Morgan fingerprint density at radius 1 is 1.31 bits per heavy atom. The molecule has 0 atom stereocenters. The summed E-state index contributed by atoms with van der Waals surface area (Å²) in [7, 11) is 2.29. The number of likely N-dealkylation sites (tertiary alicyclic amines) is 1. The average molecular weight is 185 g/mol. The van der Waals surface area contributed by atoms with E-state index in [2.05, 4.69) is 7.05 Å². The predicted octanol–water partition coefficient (Wildman–Crippen LogP) is 0.882. The van der Waals surface area contributed by atoms with Crippen LogP contribution < -0.4 is 5.73 Å². The molecular formula is C10H21N2O+. The molecule has 0 bridgehead atoms. The highest BCUT2D eigenvalue weighted by atomic mass is 16.1. The number of quaternary nitrogens is 1. The van der Waals surface area contributed by atoms with E-state index in [1.807, 2.05) is 0 Å². The normalized spacial score (nSPS) is 21.3. The largest absolute Gasteiger partial charge is 0.370 e. The summed E-state index contributed by atoms with van der Waals surface area (Å²) < 4.78 is 1.15. The molecule has 0 aromatic rings. The van der Waals surface area contributed by atoms with Crippen LogP contribution in [0.5, 0.6) is 0 Å². The fourth-order valence-electron chi connectivity index (χ4n) is 2.13. The Bertz CT molecular complexity index is 174. The molecule has 1 fully saturated rings. The van der Waals surface area contributed by atoms with Crippen molar-refractivity contribution >= 4 is 5.91 Å². The molecule has 1 rings (SSSR count). The van der Waals surface area contributed by atoms with Crippen molar-refractivity contribution in [3.63, 3.8) is 0 Å². The van der Waals surface area contributed by atoms with Gasteiger partial charge in [-0.15, -0.1) is 0 Å². The van der Waals surface area contributed by atoms with Gasteiger partial charge < -0.3 is 10.2 Å². The van der Waals surface area contributed by atoms with Gasteiger partial charge in [-0.2, -0.15) is 0 Å². The third kappa shape index (κ3) is 3.77. The number of rotatable bonds is 4. The second kappa shape index (κ2) is 4.61. The molecule has 0 radical (unpaired) electrons. The molecule has 3 nitrogen and oxygen atoms in total. The minimum atomic E-state index is -0.163. The van der Waals surface area contributed by atoms with E-state index in [0.717, 1.165) is 17.4 Å². The van der Waals surface area contributed by atoms with Crippen LogP contribution >= 0.6 is 0 Å². The van der Waals surface area contributed by atoms with Gasteiger partial charge >= 0.3 is 0 Å². The Morgan fingerprint density at radius 3 is 2.46 bits per heavy atom. The summed E-state index contributed by atoms with van der Waals surface area (Å²) in [6, 6.07) is 0. The number of amides is 1. The van der Waals surface area contributed by atoms with Crippen molar-refractivity contribution in [3.05, 3.63) is 0 Å². The van der Waals surface area contributed by atoms with E-state index in [4.69, 9.17) is 5.73 Å². The number of nitrogens with two attached hydrogens (primary N) is 1. The van der Waals surface area contributed by atoms with Crippen LogP contribution in [0, 0.1) is 0 Å². The lowest BCUT2D eigenvalue weighted by Gasteiger charge is -2.37. The van der Waals surface area contributed by atoms with Gasteiger partial charge in [0.2, 0.25) is 5.91 Å². The maximum atomic E-state index is 10.6. The number of hydrogen-bond acceptors (Lipinski definition) is 1. The van der Waals surface area contributed by atoms with Crippen LogP contribution in [0.3, 0.4) is 0 Å². The first kappa shape index (κ1) is 10.5. The van der Waals surface area contributed by atoms with Gasteiger partial charge in [0.25, 0.3) is 0 Å². The molecule has 76 valence electrons. The highest BCUT2D eigenvalue weighted by Crippen LogP contribution is 2.16. The third-order valence-electron chi connectivity index (χ3n) is 3.02. The Balaban J connectivity index is 2.21. The number of nitrogens with zero attached hydrogens (tertiary/aromatic N) is 1. The first-order chi connectivity index (χ1) is 6.12. The van der Waals surface area contributed by atoms with E-state index < -0.39 is 0 Å². The SMILES string of the molecule is C[N+]1(CCCC(N)=O)CCCCC1. The van der Waals surface area contributed by atoms with E-state index in [1.54, 1.807) is 0 Å². The summed E-state index contributed by atoms with van der Waals surface area (Å²) in [6.45, 7) is 3.67. The van der Waals surface area contributed by atoms with Crippen LogP contribution in [-0.2, 0) is 4.79 Å². The number of carbonyl (C=O) groups excluding carboxylic acids is 1. The molecule has 1 aliphatic rings. The Labute approximate surface area is 80.5 Å². The first-order valence-corrected chi connectivity index (χ1v) is 5.24. The summed E-state index contributed by atoms with van der Waals surface area (Å²) >= 11 is 0. The van der Waals surface area contributed by atoms with Crippen molar-refractivity contribution in [2.75, 3.05) is 26.7 Å². The smallest absolute Gasteiger partial charge is 0.217 e. The standard InChI is InChI=1S/C10H20N2O/c1-12(7-3-2-4-8-12)9-5-6-10(11)13/h2-9H2,1H3,(H-,11,13)/p+1. The van der Waals surface area contributed by atoms with Crippen molar-refractivity contribution in [2.45, 2.75) is 32.1 Å². The third-order valence-corrected chi connectivity index (χ3v) is 3.02. The zero-order valence-corrected chi connectivity index (χ0v) is 8.59. The van der Waals surface area contributed by atoms with Crippen molar-refractivity contribution in [3.8, 4) is 0 Å². The van der Waals surface area contributed by atoms with Gasteiger partial charge in [0.05, 0.1) is 26.7 Å². The minimum absolute atomic E-state index is 0.163. The fourth-order valence-corrected chi connectivity index (χ4v) is 2.13. The topological polar surface area (TPSA) is 43.1 Å². The first-order valence-electron chi connectivity index (χ1n) is 5.24. The van der Waals surface area contributed by atoms with Crippen LogP contribution in [0.15, 0.2) is 0 Å². The summed E-state index contributed by atoms with van der Waals surface area (Å²) in [4.78, 5) is 10.6. The lowest BCUT2D eigenvalue weighted by atomic mass is 10.1. The predicted molar refractivity (Wildman–Crippen MR) is 53.1 cm³/mol. The van der Waals surface area contributed by atoms with Crippen LogP contribution in [0.4, 0.5) is 0 Å². The number of primary amides is 1.